The number of nitrogen functional groups attached to an aromatic ring is 2. The quantitative estimate of drug-likeness (QED) is 0.0397. The molecule has 2 nitrogen and oxygen atoms in total. The van der Waals surface area contributed by atoms with Crippen LogP contribution in [-0.2, 0) is 38.5 Å². The van der Waals surface area contributed by atoms with Crippen LogP contribution >= 0.6 is 0 Å². The third-order valence-electron chi connectivity index (χ3n) is 12.1. The predicted octanol–water partition coefficient (Wildman–Crippen LogP) is 15.5. The Morgan fingerprint density at radius 2 is 0.571 bits per heavy atom. The Bertz CT molecular complexity index is 1460. The van der Waals surface area contributed by atoms with E-state index >= 15 is 0 Å². The Hall–Kier alpha value is -3.52. The van der Waals surface area contributed by atoms with Crippen LogP contribution in [0.4, 0.5) is 11.4 Å². The van der Waals surface area contributed by atoms with E-state index in [9.17, 15) is 0 Å². The number of aryl methyl sites for hydroxylation is 4. The molecule has 0 amide bonds. The van der Waals surface area contributed by atoms with E-state index < -0.39 is 0 Å². The molecule has 0 fully saturated rings. The van der Waals surface area contributed by atoms with Crippen LogP contribution in [0.15, 0.2) is 84.9 Å². The highest BCUT2D eigenvalue weighted by Crippen LogP contribution is 2.23. The summed E-state index contributed by atoms with van der Waals surface area (Å²) in [5.74, 6) is 0. The second-order valence-electron chi connectivity index (χ2n) is 17.1. The van der Waals surface area contributed by atoms with Crippen molar-refractivity contribution in [1.82, 2.24) is 0 Å². The first kappa shape index (κ1) is 45.2. The zero-order valence-electron chi connectivity index (χ0n) is 36.0. The van der Waals surface area contributed by atoms with Gasteiger partial charge in [0.2, 0.25) is 0 Å². The third kappa shape index (κ3) is 18.6. The maximum absolute atomic E-state index is 6.08. The van der Waals surface area contributed by atoms with Gasteiger partial charge in [0.1, 0.15) is 0 Å². The van der Waals surface area contributed by atoms with Gasteiger partial charge in [-0.3, -0.25) is 0 Å². The lowest BCUT2D eigenvalue weighted by atomic mass is 9.95. The number of nitrogens with two attached hydrogens (primary N) is 2. The van der Waals surface area contributed by atoms with Crippen LogP contribution in [-0.4, -0.2) is 0 Å². The third-order valence-corrected chi connectivity index (χ3v) is 12.1. The fourth-order valence-electron chi connectivity index (χ4n) is 8.41. The molecule has 0 unspecified atom stereocenters. The van der Waals surface area contributed by atoms with Gasteiger partial charge >= 0.3 is 0 Å². The van der Waals surface area contributed by atoms with Gasteiger partial charge in [0.15, 0.2) is 0 Å². The number of unbranched alkanes of at least 4 members (excludes halogenated alkanes) is 19. The Morgan fingerprint density at radius 1 is 0.286 bits per heavy atom. The van der Waals surface area contributed by atoms with Crippen LogP contribution in [0.2, 0.25) is 0 Å². The topological polar surface area (TPSA) is 52.0 Å². The van der Waals surface area contributed by atoms with E-state index in [1.165, 1.54) is 199 Å². The summed E-state index contributed by atoms with van der Waals surface area (Å²) in [7, 11) is 0. The van der Waals surface area contributed by atoms with Crippen LogP contribution < -0.4 is 11.5 Å². The first-order valence-corrected chi connectivity index (χ1v) is 23.4. The molecule has 4 aromatic rings. The number of hydrogen-bond acceptors (Lipinski definition) is 2. The largest absolute Gasteiger partial charge is 0.399 e. The first-order valence-electron chi connectivity index (χ1n) is 23.4. The highest BCUT2D eigenvalue weighted by atomic mass is 14.5. The zero-order valence-corrected chi connectivity index (χ0v) is 36.0. The van der Waals surface area contributed by atoms with Crippen molar-refractivity contribution in [3.63, 3.8) is 0 Å². The summed E-state index contributed by atoms with van der Waals surface area (Å²) >= 11 is 0. The second-order valence-corrected chi connectivity index (χ2v) is 17.1. The smallest absolute Gasteiger partial charge is 0.0316 e. The minimum atomic E-state index is 0.886. The summed E-state index contributed by atoms with van der Waals surface area (Å²) in [6, 6.07) is 31.7. The van der Waals surface area contributed by atoms with E-state index in [0.29, 0.717) is 0 Å². The van der Waals surface area contributed by atoms with Gasteiger partial charge in [-0.15, -0.1) is 0 Å². The van der Waals surface area contributed by atoms with E-state index in [1.807, 2.05) is 0 Å². The fraction of sp³-hybridized carbons (Fsp3) is 0.556. The molecule has 0 aliphatic rings. The summed E-state index contributed by atoms with van der Waals surface area (Å²) < 4.78 is 0. The summed E-state index contributed by atoms with van der Waals surface area (Å²) in [4.78, 5) is 0. The van der Waals surface area contributed by atoms with Gasteiger partial charge in [0.05, 0.1) is 0 Å². The zero-order chi connectivity index (χ0) is 39.5. The molecule has 0 heterocycles. The van der Waals surface area contributed by atoms with E-state index in [2.05, 4.69) is 98.8 Å². The average Bonchev–Trinajstić information content (AvgIpc) is 3.21. The minimum Gasteiger partial charge on any atom is -0.399 e. The Kier molecular flexibility index (Phi) is 22.6. The molecule has 0 atom stereocenters. The molecular weight excluding hydrogens is 677 g/mol. The van der Waals surface area contributed by atoms with Crippen molar-refractivity contribution in [3.05, 3.63) is 129 Å². The van der Waals surface area contributed by atoms with Gasteiger partial charge in [0, 0.05) is 11.4 Å². The van der Waals surface area contributed by atoms with Crippen molar-refractivity contribution in [2.75, 3.05) is 11.5 Å². The number of rotatable bonds is 31. The van der Waals surface area contributed by atoms with Crippen molar-refractivity contribution in [2.45, 2.75) is 194 Å². The predicted molar refractivity (Wildman–Crippen MR) is 248 cm³/mol. The number of benzene rings is 4. The molecule has 0 aromatic heterocycles. The molecule has 0 bridgehead atoms. The molecule has 0 aliphatic heterocycles. The Labute approximate surface area is 344 Å². The van der Waals surface area contributed by atoms with E-state index in [0.717, 1.165) is 37.1 Å². The lowest BCUT2D eigenvalue weighted by molar-refractivity contribution is 0.524. The highest BCUT2D eigenvalue weighted by Gasteiger charge is 2.07. The minimum absolute atomic E-state index is 0.886. The van der Waals surface area contributed by atoms with Gasteiger partial charge in [0.25, 0.3) is 0 Å². The van der Waals surface area contributed by atoms with Gasteiger partial charge in [-0.2, -0.15) is 0 Å². The second kappa shape index (κ2) is 28.0. The van der Waals surface area contributed by atoms with Crippen LogP contribution in [0.3, 0.4) is 0 Å². The highest BCUT2D eigenvalue weighted by molar-refractivity contribution is 5.47. The Morgan fingerprint density at radius 3 is 0.875 bits per heavy atom. The maximum Gasteiger partial charge on any atom is 0.0316 e. The van der Waals surface area contributed by atoms with Crippen LogP contribution in [0, 0.1) is 0 Å². The summed E-state index contributed by atoms with van der Waals surface area (Å²) in [5.41, 5.74) is 25.4. The van der Waals surface area contributed by atoms with Gasteiger partial charge < -0.3 is 11.5 Å². The van der Waals surface area contributed by atoms with E-state index in [1.54, 1.807) is 0 Å². The van der Waals surface area contributed by atoms with Gasteiger partial charge in [-0.1, -0.05) is 190 Å². The lowest BCUT2D eigenvalue weighted by Gasteiger charge is -2.11. The lowest BCUT2D eigenvalue weighted by Crippen LogP contribution is -1.98. The Balaban J connectivity index is 0.895. The first-order chi connectivity index (χ1) is 27.5. The van der Waals surface area contributed by atoms with Crippen LogP contribution in [0.25, 0.3) is 0 Å². The summed E-state index contributed by atoms with van der Waals surface area (Å²) in [5, 5.41) is 0. The molecule has 0 spiro atoms. The molecule has 0 radical (unpaired) electrons. The molecular formula is C54H80N2. The molecule has 306 valence electrons. The molecule has 4 N–H and O–H groups in total. The van der Waals surface area contributed by atoms with Crippen molar-refractivity contribution in [2.24, 2.45) is 0 Å². The van der Waals surface area contributed by atoms with Crippen molar-refractivity contribution in [1.29, 1.82) is 0 Å². The fourth-order valence-corrected chi connectivity index (χ4v) is 8.41. The maximum atomic E-state index is 6.08. The molecule has 4 aromatic carbocycles. The monoisotopic (exact) mass is 757 g/mol. The van der Waals surface area contributed by atoms with Crippen LogP contribution in [0.1, 0.15) is 200 Å². The van der Waals surface area contributed by atoms with Gasteiger partial charge in [-0.25, -0.2) is 0 Å². The van der Waals surface area contributed by atoms with E-state index in [4.69, 9.17) is 11.5 Å². The molecule has 2 heteroatoms. The standard InChI is InChI=1S/C54H80N2/c1-3-5-27-49-43-53(55)39-37-51(49)41-47-33-29-45(30-34-47)25-23-21-19-17-15-13-11-9-7-8-10-12-14-16-18-20-22-24-26-46-31-35-48(36-32-46)42-52-38-40-54(56)44-50(52)28-6-4-2/h29-40,43-44H,3-28,41-42,55-56H2,1-2H3. The summed E-state index contributed by atoms with van der Waals surface area (Å²) in [6.07, 6.45) is 37.0. The summed E-state index contributed by atoms with van der Waals surface area (Å²) in [6.45, 7) is 4.51. The van der Waals surface area contributed by atoms with Crippen molar-refractivity contribution >= 4 is 11.4 Å². The molecule has 56 heavy (non-hydrogen) atoms. The van der Waals surface area contributed by atoms with Crippen LogP contribution in [0.5, 0.6) is 0 Å². The number of hydrogen-bond donors (Lipinski definition) is 2. The molecule has 0 saturated heterocycles. The molecule has 0 saturated carbocycles. The molecule has 0 aliphatic carbocycles. The number of anilines is 2. The molecule has 4 rings (SSSR count). The van der Waals surface area contributed by atoms with Gasteiger partial charge in [-0.05, 0) is 133 Å². The average molecular weight is 757 g/mol. The SMILES string of the molecule is CCCCc1cc(N)ccc1Cc1ccc(CCCCCCCCCCCCCCCCCCCCc2ccc(Cc3ccc(N)cc3CCCC)cc2)cc1. The van der Waals surface area contributed by atoms with Crippen molar-refractivity contribution < 1.29 is 0 Å². The normalized spacial score (nSPS) is 11.4. The van der Waals surface area contributed by atoms with E-state index in [-0.39, 0.29) is 0 Å². The van der Waals surface area contributed by atoms with Crippen molar-refractivity contribution in [3.8, 4) is 0 Å².